The highest BCUT2D eigenvalue weighted by Crippen LogP contribution is 2.10. The lowest BCUT2D eigenvalue weighted by Crippen LogP contribution is -2.03. The average Bonchev–Trinajstić information content (AvgIpc) is 2.27. The van der Waals surface area contributed by atoms with Gasteiger partial charge in [0.1, 0.15) is 5.82 Å². The van der Waals surface area contributed by atoms with Crippen molar-refractivity contribution < 1.29 is 0 Å². The van der Waals surface area contributed by atoms with Crippen LogP contribution in [0.5, 0.6) is 0 Å². The lowest BCUT2D eigenvalue weighted by Gasteiger charge is -2.06. The van der Waals surface area contributed by atoms with Crippen LogP contribution in [0.2, 0.25) is 5.28 Å². The highest BCUT2D eigenvalue weighted by molar-refractivity contribution is 6.28. The Bertz CT molecular complexity index is 315. The molecule has 0 aromatic carbocycles. The Morgan fingerprint density at radius 3 is 2.71 bits per heavy atom. The molecule has 17 heavy (non-hydrogen) atoms. The van der Waals surface area contributed by atoms with Crippen LogP contribution in [0.25, 0.3) is 0 Å². The number of anilines is 1. The molecule has 3 nitrogen and oxygen atoms in total. The van der Waals surface area contributed by atoms with Crippen molar-refractivity contribution in [3.8, 4) is 0 Å². The summed E-state index contributed by atoms with van der Waals surface area (Å²) in [5, 5.41) is 3.55. The summed E-state index contributed by atoms with van der Waals surface area (Å²) in [7, 11) is 0. The molecule has 0 aliphatic rings. The average molecular weight is 256 g/mol. The van der Waals surface area contributed by atoms with E-state index in [4.69, 9.17) is 11.6 Å². The molecule has 1 aromatic heterocycles. The van der Waals surface area contributed by atoms with Crippen LogP contribution in [0.1, 0.15) is 46.0 Å². The zero-order chi connectivity index (χ0) is 12.5. The van der Waals surface area contributed by atoms with Gasteiger partial charge in [-0.3, -0.25) is 0 Å². The van der Waals surface area contributed by atoms with Crippen LogP contribution in [-0.4, -0.2) is 16.5 Å². The van der Waals surface area contributed by atoms with Gasteiger partial charge in [0.2, 0.25) is 5.28 Å². The minimum atomic E-state index is 0.298. The third-order valence-corrected chi connectivity index (χ3v) is 2.82. The molecule has 0 fully saturated rings. The third-order valence-electron chi connectivity index (χ3n) is 2.64. The molecular formula is C13H22ClN3. The predicted molar refractivity (Wildman–Crippen MR) is 73.5 cm³/mol. The van der Waals surface area contributed by atoms with E-state index in [0.29, 0.717) is 5.28 Å². The summed E-state index contributed by atoms with van der Waals surface area (Å²) in [5.41, 5.74) is 0. The third kappa shape index (κ3) is 7.16. The van der Waals surface area contributed by atoms with Crippen LogP contribution in [0, 0.1) is 5.92 Å². The van der Waals surface area contributed by atoms with Gasteiger partial charge < -0.3 is 5.32 Å². The lowest BCUT2D eigenvalue weighted by molar-refractivity contribution is 0.523. The Morgan fingerprint density at radius 1 is 1.24 bits per heavy atom. The molecule has 1 aromatic rings. The van der Waals surface area contributed by atoms with Crippen molar-refractivity contribution in [1.82, 2.24) is 9.97 Å². The fraction of sp³-hybridized carbons (Fsp3) is 0.692. The maximum Gasteiger partial charge on any atom is 0.224 e. The van der Waals surface area contributed by atoms with E-state index < -0.39 is 0 Å². The first-order chi connectivity index (χ1) is 8.18. The van der Waals surface area contributed by atoms with Crippen LogP contribution in [0.15, 0.2) is 12.3 Å². The highest BCUT2D eigenvalue weighted by atomic mass is 35.5. The number of halogens is 1. The number of unbranched alkanes of at least 4 members (excludes halogenated alkanes) is 3. The van der Waals surface area contributed by atoms with Gasteiger partial charge in [0, 0.05) is 12.7 Å². The molecule has 0 atom stereocenters. The van der Waals surface area contributed by atoms with Gasteiger partial charge in [-0.1, -0.05) is 39.5 Å². The Morgan fingerprint density at radius 2 is 2.00 bits per heavy atom. The molecule has 0 bridgehead atoms. The van der Waals surface area contributed by atoms with Crippen LogP contribution in [-0.2, 0) is 0 Å². The van der Waals surface area contributed by atoms with Crippen LogP contribution in [0.3, 0.4) is 0 Å². The molecule has 0 aliphatic heterocycles. The molecule has 1 rings (SSSR count). The summed E-state index contributed by atoms with van der Waals surface area (Å²) in [4.78, 5) is 7.91. The molecule has 4 heteroatoms. The quantitative estimate of drug-likeness (QED) is 0.560. The van der Waals surface area contributed by atoms with Gasteiger partial charge in [-0.2, -0.15) is 0 Å². The first kappa shape index (κ1) is 14.2. The summed E-state index contributed by atoms with van der Waals surface area (Å²) in [6.45, 7) is 5.51. The molecule has 1 heterocycles. The van der Waals surface area contributed by atoms with E-state index in [9.17, 15) is 0 Å². The molecule has 96 valence electrons. The molecular weight excluding hydrogens is 234 g/mol. The number of hydrogen-bond donors (Lipinski definition) is 1. The normalized spacial score (nSPS) is 10.8. The number of nitrogens with zero attached hydrogens (tertiary/aromatic N) is 2. The smallest absolute Gasteiger partial charge is 0.224 e. The second-order valence-corrected chi connectivity index (χ2v) is 5.07. The molecule has 0 radical (unpaired) electrons. The van der Waals surface area contributed by atoms with Crippen LogP contribution < -0.4 is 5.32 Å². The summed E-state index contributed by atoms with van der Waals surface area (Å²) < 4.78 is 0. The van der Waals surface area contributed by atoms with Crippen LogP contribution in [0.4, 0.5) is 5.82 Å². The molecule has 0 amide bonds. The van der Waals surface area contributed by atoms with Crippen molar-refractivity contribution in [2.24, 2.45) is 5.92 Å². The Hall–Kier alpha value is -0.830. The molecule has 0 saturated carbocycles. The monoisotopic (exact) mass is 255 g/mol. The van der Waals surface area contributed by atoms with E-state index in [1.165, 1.54) is 32.1 Å². The number of aromatic nitrogens is 2. The first-order valence-electron chi connectivity index (χ1n) is 6.41. The first-order valence-corrected chi connectivity index (χ1v) is 6.78. The van der Waals surface area contributed by atoms with Crippen molar-refractivity contribution in [2.45, 2.75) is 46.0 Å². The van der Waals surface area contributed by atoms with E-state index in [1.54, 1.807) is 6.20 Å². The number of rotatable bonds is 8. The van der Waals surface area contributed by atoms with Crippen molar-refractivity contribution in [2.75, 3.05) is 11.9 Å². The second-order valence-electron chi connectivity index (χ2n) is 4.73. The summed E-state index contributed by atoms with van der Waals surface area (Å²) in [5.74, 6) is 1.64. The van der Waals surface area contributed by atoms with Gasteiger partial charge in [0.25, 0.3) is 0 Å². The van der Waals surface area contributed by atoms with E-state index in [-0.39, 0.29) is 0 Å². The maximum absolute atomic E-state index is 5.69. The van der Waals surface area contributed by atoms with E-state index in [1.807, 2.05) is 6.07 Å². The highest BCUT2D eigenvalue weighted by Gasteiger charge is 1.96. The fourth-order valence-corrected chi connectivity index (χ4v) is 1.83. The van der Waals surface area contributed by atoms with E-state index in [2.05, 4.69) is 29.1 Å². The van der Waals surface area contributed by atoms with Gasteiger partial charge in [0.15, 0.2) is 0 Å². The summed E-state index contributed by atoms with van der Waals surface area (Å²) >= 11 is 5.69. The SMILES string of the molecule is CC(C)CCCCCCNc1ccnc(Cl)n1. The second kappa shape index (κ2) is 8.29. The van der Waals surface area contributed by atoms with Gasteiger partial charge in [0.05, 0.1) is 0 Å². The van der Waals surface area contributed by atoms with Gasteiger partial charge in [-0.15, -0.1) is 0 Å². The largest absolute Gasteiger partial charge is 0.370 e. The maximum atomic E-state index is 5.69. The summed E-state index contributed by atoms with van der Waals surface area (Å²) in [6, 6.07) is 1.84. The van der Waals surface area contributed by atoms with Gasteiger partial charge in [-0.25, -0.2) is 9.97 Å². The zero-order valence-electron chi connectivity index (χ0n) is 10.7. The van der Waals surface area contributed by atoms with E-state index >= 15 is 0 Å². The predicted octanol–water partition coefficient (Wildman–Crippen LogP) is 4.15. The molecule has 0 aliphatic carbocycles. The standard InChI is InChI=1S/C13H22ClN3/c1-11(2)7-5-3-4-6-9-15-12-8-10-16-13(14)17-12/h8,10-11H,3-7,9H2,1-2H3,(H,15,16,17). The Kier molecular flexibility index (Phi) is 6.94. The van der Waals surface area contributed by atoms with E-state index in [0.717, 1.165) is 18.3 Å². The van der Waals surface area contributed by atoms with Crippen LogP contribution >= 0.6 is 11.6 Å². The molecule has 0 saturated heterocycles. The minimum Gasteiger partial charge on any atom is -0.370 e. The van der Waals surface area contributed by atoms with Gasteiger partial charge >= 0.3 is 0 Å². The Labute approximate surface area is 109 Å². The molecule has 0 unspecified atom stereocenters. The number of hydrogen-bond acceptors (Lipinski definition) is 3. The molecule has 1 N–H and O–H groups in total. The minimum absolute atomic E-state index is 0.298. The van der Waals surface area contributed by atoms with Crippen molar-refractivity contribution >= 4 is 17.4 Å². The van der Waals surface area contributed by atoms with Crippen molar-refractivity contribution in [3.63, 3.8) is 0 Å². The number of nitrogens with one attached hydrogen (secondary N) is 1. The van der Waals surface area contributed by atoms with Gasteiger partial charge in [-0.05, 0) is 30.0 Å². The zero-order valence-corrected chi connectivity index (χ0v) is 11.5. The fourth-order valence-electron chi connectivity index (χ4n) is 1.68. The van der Waals surface area contributed by atoms with Crippen molar-refractivity contribution in [3.05, 3.63) is 17.5 Å². The topological polar surface area (TPSA) is 37.8 Å². The molecule has 0 spiro atoms. The van der Waals surface area contributed by atoms with Crippen molar-refractivity contribution in [1.29, 1.82) is 0 Å². The lowest BCUT2D eigenvalue weighted by atomic mass is 10.0. The Balaban J connectivity index is 2.01. The summed E-state index contributed by atoms with van der Waals surface area (Å²) in [6.07, 6.45) is 8.13.